The van der Waals surface area contributed by atoms with Crippen molar-refractivity contribution in [2.24, 2.45) is 0 Å². The van der Waals surface area contributed by atoms with Crippen LogP contribution in [0.3, 0.4) is 0 Å². The first-order valence-electron chi connectivity index (χ1n) is 8.41. The van der Waals surface area contributed by atoms with Gasteiger partial charge in [0.2, 0.25) is 0 Å². The average molecular weight is 382 g/mol. The molecule has 3 rings (SSSR count). The van der Waals surface area contributed by atoms with Crippen LogP contribution in [0.15, 0.2) is 23.1 Å². The Morgan fingerprint density at radius 1 is 1.20 bits per heavy atom. The van der Waals surface area contributed by atoms with Crippen molar-refractivity contribution in [1.82, 2.24) is 9.78 Å². The molecule has 1 aromatic heterocycles. The van der Waals surface area contributed by atoms with Gasteiger partial charge in [-0.15, -0.1) is 0 Å². The summed E-state index contributed by atoms with van der Waals surface area (Å²) in [5.74, 6) is 0. The zero-order chi connectivity index (χ0) is 18.6. The summed E-state index contributed by atoms with van der Waals surface area (Å²) in [5, 5.41) is 5.13. The number of hydrogen-bond donors (Lipinski definition) is 0. The Morgan fingerprint density at radius 3 is 2.48 bits per heavy atom. The highest BCUT2D eigenvalue weighted by molar-refractivity contribution is 7.93. The van der Waals surface area contributed by atoms with E-state index in [0.717, 1.165) is 24.1 Å². The second kappa shape index (κ2) is 6.02. The van der Waals surface area contributed by atoms with E-state index in [1.165, 1.54) is 4.31 Å². The first-order valence-corrected chi connectivity index (χ1v) is 10.2. The third-order valence-electron chi connectivity index (χ3n) is 4.53. The maximum absolute atomic E-state index is 13.5. The van der Waals surface area contributed by atoms with Crippen molar-refractivity contribution in [2.45, 2.75) is 57.9 Å². The quantitative estimate of drug-likeness (QED) is 0.788. The highest BCUT2D eigenvalue weighted by atomic mass is 35.5. The van der Waals surface area contributed by atoms with Gasteiger partial charge in [-0.25, -0.2) is 8.42 Å². The van der Waals surface area contributed by atoms with E-state index >= 15 is 0 Å². The van der Waals surface area contributed by atoms with Crippen molar-refractivity contribution in [3.05, 3.63) is 40.2 Å². The predicted octanol–water partition coefficient (Wildman–Crippen LogP) is 4.05. The standard InChI is InChI=1S/C18H24ClN3O2S/c1-12-17(13(2)22(20-12)18(3,4)5)25(23,24)21-10-6-7-14-11-15(19)8-9-16(14)21/h8-9,11H,6-7,10H2,1-5H3. The molecule has 2 heterocycles. The zero-order valence-electron chi connectivity index (χ0n) is 15.3. The summed E-state index contributed by atoms with van der Waals surface area (Å²) in [6, 6.07) is 5.40. The van der Waals surface area contributed by atoms with Gasteiger partial charge in [0.05, 0.1) is 22.6 Å². The smallest absolute Gasteiger partial charge is 0.266 e. The molecule has 0 fully saturated rings. The van der Waals surface area contributed by atoms with Crippen LogP contribution in [-0.4, -0.2) is 24.7 Å². The lowest BCUT2D eigenvalue weighted by Crippen LogP contribution is -2.36. The van der Waals surface area contributed by atoms with Crippen LogP contribution in [0.1, 0.15) is 44.1 Å². The van der Waals surface area contributed by atoms with Crippen molar-refractivity contribution >= 4 is 27.3 Å². The minimum atomic E-state index is -3.68. The Labute approximate surface area is 154 Å². The molecular weight excluding hydrogens is 358 g/mol. The van der Waals surface area contributed by atoms with Crippen LogP contribution in [0.5, 0.6) is 0 Å². The zero-order valence-corrected chi connectivity index (χ0v) is 16.9. The summed E-state index contributed by atoms with van der Waals surface area (Å²) in [4.78, 5) is 0.310. The van der Waals surface area contributed by atoms with E-state index in [-0.39, 0.29) is 5.54 Å². The Bertz CT molecular complexity index is 927. The second-order valence-electron chi connectivity index (χ2n) is 7.54. The van der Waals surface area contributed by atoms with Crippen molar-refractivity contribution in [1.29, 1.82) is 0 Å². The normalized spacial score (nSPS) is 15.4. The van der Waals surface area contributed by atoms with Gasteiger partial charge in [-0.05, 0) is 71.2 Å². The molecule has 0 N–H and O–H groups in total. The maximum Gasteiger partial charge on any atom is 0.268 e. The summed E-state index contributed by atoms with van der Waals surface area (Å²) in [5.41, 5.74) is 2.62. The molecule has 0 saturated heterocycles. The van der Waals surface area contributed by atoms with E-state index < -0.39 is 10.0 Å². The lowest BCUT2D eigenvalue weighted by Gasteiger charge is -2.31. The molecule has 0 amide bonds. The molecule has 1 aliphatic rings. The minimum absolute atomic E-state index is 0.282. The fourth-order valence-electron chi connectivity index (χ4n) is 3.55. The molecule has 1 aromatic carbocycles. The lowest BCUT2D eigenvalue weighted by atomic mass is 10.0. The summed E-state index contributed by atoms with van der Waals surface area (Å²) >= 11 is 6.08. The molecule has 0 radical (unpaired) electrons. The maximum atomic E-state index is 13.5. The molecule has 7 heteroatoms. The minimum Gasteiger partial charge on any atom is -0.266 e. The number of aromatic nitrogens is 2. The number of benzene rings is 1. The van der Waals surface area contributed by atoms with E-state index in [4.69, 9.17) is 11.6 Å². The fourth-order valence-corrected chi connectivity index (χ4v) is 5.64. The molecule has 1 aliphatic heterocycles. The molecule has 0 spiro atoms. The van der Waals surface area contributed by atoms with E-state index in [0.29, 0.717) is 27.9 Å². The van der Waals surface area contributed by atoms with Gasteiger partial charge < -0.3 is 0 Å². The molecule has 0 aliphatic carbocycles. The van der Waals surface area contributed by atoms with Crippen LogP contribution in [0, 0.1) is 13.8 Å². The van der Waals surface area contributed by atoms with Crippen LogP contribution in [0.4, 0.5) is 5.69 Å². The Hall–Kier alpha value is -1.53. The first-order chi connectivity index (χ1) is 11.5. The van der Waals surface area contributed by atoms with Crippen LogP contribution in [0.2, 0.25) is 5.02 Å². The molecule has 5 nitrogen and oxygen atoms in total. The number of halogens is 1. The monoisotopic (exact) mass is 381 g/mol. The van der Waals surface area contributed by atoms with Gasteiger partial charge in [-0.3, -0.25) is 8.99 Å². The predicted molar refractivity (Wildman–Crippen MR) is 101 cm³/mol. The Balaban J connectivity index is 2.16. The van der Waals surface area contributed by atoms with Crippen molar-refractivity contribution in [2.75, 3.05) is 10.8 Å². The number of nitrogens with zero attached hydrogens (tertiary/aromatic N) is 3. The molecule has 136 valence electrons. The third kappa shape index (κ3) is 3.06. The summed E-state index contributed by atoms with van der Waals surface area (Å²) < 4.78 is 30.2. The van der Waals surface area contributed by atoms with Crippen LogP contribution in [-0.2, 0) is 22.0 Å². The molecular formula is C18H24ClN3O2S. The Kier molecular flexibility index (Phi) is 4.40. The first kappa shape index (κ1) is 18.3. The van der Waals surface area contributed by atoms with E-state index in [9.17, 15) is 8.42 Å². The molecule has 2 aromatic rings. The van der Waals surface area contributed by atoms with Gasteiger partial charge in [0.1, 0.15) is 4.90 Å². The summed E-state index contributed by atoms with van der Waals surface area (Å²) in [6.07, 6.45) is 1.61. The van der Waals surface area contributed by atoms with Crippen molar-refractivity contribution < 1.29 is 8.42 Å². The number of anilines is 1. The number of rotatable bonds is 2. The highest BCUT2D eigenvalue weighted by Gasteiger charge is 2.35. The van der Waals surface area contributed by atoms with Gasteiger partial charge in [-0.2, -0.15) is 5.10 Å². The van der Waals surface area contributed by atoms with Gasteiger partial charge in [0, 0.05) is 11.6 Å². The van der Waals surface area contributed by atoms with Crippen LogP contribution < -0.4 is 4.31 Å². The van der Waals surface area contributed by atoms with E-state index in [2.05, 4.69) is 5.10 Å². The average Bonchev–Trinajstić information content (AvgIpc) is 2.81. The summed E-state index contributed by atoms with van der Waals surface area (Å²) in [7, 11) is -3.68. The van der Waals surface area contributed by atoms with Crippen molar-refractivity contribution in [3.63, 3.8) is 0 Å². The number of sulfonamides is 1. The summed E-state index contributed by atoms with van der Waals surface area (Å²) in [6.45, 7) is 10.1. The van der Waals surface area contributed by atoms with E-state index in [1.807, 2.05) is 33.8 Å². The molecule has 0 atom stereocenters. The SMILES string of the molecule is Cc1nn(C(C)(C)C)c(C)c1S(=O)(=O)N1CCCc2cc(Cl)ccc21. The van der Waals surface area contributed by atoms with Gasteiger partial charge >= 0.3 is 0 Å². The third-order valence-corrected chi connectivity index (χ3v) is 6.83. The number of fused-ring (bicyclic) bond motifs is 1. The van der Waals surface area contributed by atoms with Crippen LogP contribution in [0.25, 0.3) is 0 Å². The van der Waals surface area contributed by atoms with Gasteiger partial charge in [0.15, 0.2) is 0 Å². The number of hydrogen-bond acceptors (Lipinski definition) is 3. The fraction of sp³-hybridized carbons (Fsp3) is 0.500. The van der Waals surface area contributed by atoms with Crippen molar-refractivity contribution in [3.8, 4) is 0 Å². The van der Waals surface area contributed by atoms with Gasteiger partial charge in [0.25, 0.3) is 10.0 Å². The Morgan fingerprint density at radius 2 is 1.88 bits per heavy atom. The largest absolute Gasteiger partial charge is 0.268 e. The molecule has 0 bridgehead atoms. The van der Waals surface area contributed by atoms with Gasteiger partial charge in [-0.1, -0.05) is 11.6 Å². The van der Waals surface area contributed by atoms with E-state index in [1.54, 1.807) is 23.7 Å². The highest BCUT2D eigenvalue weighted by Crippen LogP contribution is 2.36. The molecule has 0 saturated carbocycles. The lowest BCUT2D eigenvalue weighted by molar-refractivity contribution is 0.345. The topological polar surface area (TPSA) is 55.2 Å². The molecule has 0 unspecified atom stereocenters. The molecule has 25 heavy (non-hydrogen) atoms. The number of aryl methyl sites for hydroxylation is 2. The van der Waals surface area contributed by atoms with Crippen LogP contribution >= 0.6 is 11.6 Å². The second-order valence-corrected chi connectivity index (χ2v) is 9.77.